The summed E-state index contributed by atoms with van der Waals surface area (Å²) in [6.45, 7) is 0.616. The summed E-state index contributed by atoms with van der Waals surface area (Å²) in [5.74, 6) is 2.11. The summed E-state index contributed by atoms with van der Waals surface area (Å²) in [6, 6.07) is 16.0. The molecule has 11 heteroatoms. The lowest BCUT2D eigenvalue weighted by molar-refractivity contribution is -0.123. The number of pyridine rings is 1. The number of benzene rings is 2. The zero-order valence-corrected chi connectivity index (χ0v) is 20.5. The molecule has 0 aliphatic heterocycles. The zero-order valence-electron chi connectivity index (χ0n) is 19.7. The lowest BCUT2D eigenvalue weighted by Crippen LogP contribution is -2.32. The minimum absolute atomic E-state index is 0.110. The van der Waals surface area contributed by atoms with Gasteiger partial charge >= 0.3 is 0 Å². The van der Waals surface area contributed by atoms with Crippen molar-refractivity contribution >= 4 is 40.3 Å². The molecule has 2 heterocycles. The Bertz CT molecular complexity index is 1370. The second kappa shape index (κ2) is 11.4. The van der Waals surface area contributed by atoms with E-state index >= 15 is 0 Å². The number of ether oxygens (including phenoxy) is 3. The van der Waals surface area contributed by atoms with Gasteiger partial charge in [0, 0.05) is 23.7 Å². The monoisotopic (exact) mass is 508 g/mol. The van der Waals surface area contributed by atoms with Crippen LogP contribution in [0.1, 0.15) is 0 Å². The first kappa shape index (κ1) is 24.8. The number of nitrogens with two attached hydrogens (primary N) is 1. The molecule has 0 bridgehead atoms. The highest BCUT2D eigenvalue weighted by Gasteiger charge is 2.12. The first-order valence-electron chi connectivity index (χ1n) is 11.0. The van der Waals surface area contributed by atoms with Gasteiger partial charge < -0.3 is 30.6 Å². The number of hydrogen-bond acceptors (Lipinski definition) is 9. The Morgan fingerprint density at radius 3 is 2.47 bits per heavy atom. The summed E-state index contributed by atoms with van der Waals surface area (Å²) in [5, 5.41) is 6.56. The molecule has 0 fully saturated rings. The maximum absolute atomic E-state index is 12.1. The van der Waals surface area contributed by atoms with Gasteiger partial charge in [0.2, 0.25) is 5.95 Å². The van der Waals surface area contributed by atoms with Gasteiger partial charge in [0.25, 0.3) is 5.91 Å². The normalized spacial score (nSPS) is 10.6. The Balaban J connectivity index is 1.41. The lowest BCUT2D eigenvalue weighted by Gasteiger charge is -2.12. The van der Waals surface area contributed by atoms with Crippen LogP contribution in [0.4, 0.5) is 11.8 Å². The summed E-state index contributed by atoms with van der Waals surface area (Å²) in [4.78, 5) is 25.4. The Hall–Kier alpha value is -4.31. The fourth-order valence-corrected chi connectivity index (χ4v) is 3.55. The van der Waals surface area contributed by atoms with Crippen LogP contribution in [-0.2, 0) is 4.79 Å². The molecule has 4 rings (SSSR count). The van der Waals surface area contributed by atoms with Crippen molar-refractivity contribution in [2.75, 3.05) is 45.0 Å². The molecule has 10 nitrogen and oxygen atoms in total. The average molecular weight is 509 g/mol. The van der Waals surface area contributed by atoms with Crippen LogP contribution in [0.2, 0.25) is 5.02 Å². The van der Waals surface area contributed by atoms with E-state index < -0.39 is 0 Å². The van der Waals surface area contributed by atoms with Gasteiger partial charge in [0.15, 0.2) is 23.9 Å². The smallest absolute Gasteiger partial charge is 0.258 e. The molecule has 0 saturated carbocycles. The molecular formula is C25H25ClN6O4. The highest BCUT2D eigenvalue weighted by atomic mass is 35.5. The summed E-state index contributed by atoms with van der Waals surface area (Å²) < 4.78 is 16.2. The third-order valence-electron chi connectivity index (χ3n) is 5.16. The molecule has 4 aromatic rings. The maximum Gasteiger partial charge on any atom is 0.258 e. The van der Waals surface area contributed by atoms with Crippen LogP contribution >= 0.6 is 11.6 Å². The SMILES string of the molecule is COc1ccc(-c2ccc3nc(N)nc(NCCNC(=O)COc4ccc(Cl)cc4)c3n2)cc1OC. The molecule has 36 heavy (non-hydrogen) atoms. The van der Waals surface area contributed by atoms with E-state index in [4.69, 9.17) is 36.5 Å². The Kier molecular flexibility index (Phi) is 7.86. The molecule has 186 valence electrons. The third kappa shape index (κ3) is 6.02. The summed E-state index contributed by atoms with van der Waals surface area (Å²) in [7, 11) is 3.16. The van der Waals surface area contributed by atoms with E-state index in [2.05, 4.69) is 20.6 Å². The van der Waals surface area contributed by atoms with Crippen molar-refractivity contribution in [3.05, 3.63) is 59.6 Å². The van der Waals surface area contributed by atoms with Gasteiger partial charge in [-0.2, -0.15) is 4.98 Å². The van der Waals surface area contributed by atoms with Crippen molar-refractivity contribution < 1.29 is 19.0 Å². The number of fused-ring (bicyclic) bond motifs is 1. The molecule has 0 unspecified atom stereocenters. The van der Waals surface area contributed by atoms with Crippen molar-refractivity contribution in [1.29, 1.82) is 0 Å². The Labute approximate surface area is 212 Å². The average Bonchev–Trinajstić information content (AvgIpc) is 2.90. The van der Waals surface area contributed by atoms with Crippen LogP contribution in [0, 0.1) is 0 Å². The molecule has 0 atom stereocenters. The molecule has 4 N–H and O–H groups in total. The number of rotatable bonds is 10. The molecule has 2 aromatic heterocycles. The van der Waals surface area contributed by atoms with Gasteiger partial charge in [-0.15, -0.1) is 0 Å². The zero-order chi connectivity index (χ0) is 25.5. The van der Waals surface area contributed by atoms with Crippen LogP contribution in [-0.4, -0.2) is 54.8 Å². The van der Waals surface area contributed by atoms with Crippen molar-refractivity contribution in [3.63, 3.8) is 0 Å². The van der Waals surface area contributed by atoms with Gasteiger partial charge in [0.1, 0.15) is 11.3 Å². The van der Waals surface area contributed by atoms with Crippen molar-refractivity contribution in [2.24, 2.45) is 0 Å². The van der Waals surface area contributed by atoms with Crippen LogP contribution in [0.5, 0.6) is 17.2 Å². The number of carbonyl (C=O) groups is 1. The van der Waals surface area contributed by atoms with Gasteiger partial charge in [0.05, 0.1) is 25.4 Å². The van der Waals surface area contributed by atoms with Crippen molar-refractivity contribution in [3.8, 4) is 28.5 Å². The molecule has 0 saturated heterocycles. The standard InChI is InChI=1S/C25H25ClN6O4/c1-34-20-10-3-15(13-21(20)35-2)18-8-9-19-23(30-18)24(32-25(27)31-19)29-12-11-28-22(33)14-36-17-6-4-16(26)5-7-17/h3-10,13H,11-12,14H2,1-2H3,(H,28,33)(H3,27,29,31,32). The molecule has 1 amide bonds. The summed E-state index contributed by atoms with van der Waals surface area (Å²) in [5.41, 5.74) is 8.57. The van der Waals surface area contributed by atoms with E-state index in [-0.39, 0.29) is 18.5 Å². The van der Waals surface area contributed by atoms with E-state index in [1.54, 1.807) is 38.5 Å². The highest BCUT2D eigenvalue weighted by Crippen LogP contribution is 2.32. The predicted octanol–water partition coefficient (Wildman–Crippen LogP) is 3.55. The minimum Gasteiger partial charge on any atom is -0.493 e. The van der Waals surface area contributed by atoms with Crippen molar-refractivity contribution in [2.45, 2.75) is 0 Å². The number of amides is 1. The number of nitrogen functional groups attached to an aromatic ring is 1. The highest BCUT2D eigenvalue weighted by molar-refractivity contribution is 6.30. The van der Waals surface area contributed by atoms with E-state index in [1.165, 1.54) is 0 Å². The molecule has 0 radical (unpaired) electrons. The summed E-state index contributed by atoms with van der Waals surface area (Å²) in [6.07, 6.45) is 0. The van der Waals surface area contributed by atoms with E-state index in [1.807, 2.05) is 30.3 Å². The first-order chi connectivity index (χ1) is 17.5. The van der Waals surface area contributed by atoms with Gasteiger partial charge in [-0.3, -0.25) is 4.79 Å². The fraction of sp³-hybridized carbons (Fsp3) is 0.200. The predicted molar refractivity (Wildman–Crippen MR) is 139 cm³/mol. The van der Waals surface area contributed by atoms with Crippen LogP contribution in [0.25, 0.3) is 22.3 Å². The molecule has 2 aromatic carbocycles. The minimum atomic E-state index is -0.257. The number of carbonyl (C=O) groups excluding carboxylic acids is 1. The number of anilines is 2. The summed E-state index contributed by atoms with van der Waals surface area (Å²) >= 11 is 5.85. The second-order valence-electron chi connectivity index (χ2n) is 7.58. The third-order valence-corrected chi connectivity index (χ3v) is 5.41. The molecular weight excluding hydrogens is 484 g/mol. The Morgan fingerprint density at radius 1 is 0.944 bits per heavy atom. The van der Waals surface area contributed by atoms with Crippen LogP contribution < -0.4 is 30.6 Å². The molecule has 0 aliphatic carbocycles. The fourth-order valence-electron chi connectivity index (χ4n) is 3.43. The number of methoxy groups -OCH3 is 2. The van der Waals surface area contributed by atoms with Crippen LogP contribution in [0.3, 0.4) is 0 Å². The van der Waals surface area contributed by atoms with Gasteiger partial charge in [-0.05, 0) is 54.6 Å². The quantitative estimate of drug-likeness (QED) is 0.275. The van der Waals surface area contributed by atoms with Crippen LogP contribution in [0.15, 0.2) is 54.6 Å². The topological polar surface area (TPSA) is 134 Å². The van der Waals surface area contributed by atoms with E-state index in [9.17, 15) is 4.79 Å². The van der Waals surface area contributed by atoms with Crippen molar-refractivity contribution in [1.82, 2.24) is 20.3 Å². The van der Waals surface area contributed by atoms with Gasteiger partial charge in [-0.25, -0.2) is 9.97 Å². The number of nitrogens with zero attached hydrogens (tertiary/aromatic N) is 3. The number of hydrogen-bond donors (Lipinski definition) is 3. The first-order valence-corrected chi connectivity index (χ1v) is 11.4. The molecule has 0 aliphatic rings. The second-order valence-corrected chi connectivity index (χ2v) is 8.02. The number of nitrogens with one attached hydrogen (secondary N) is 2. The van der Waals surface area contributed by atoms with E-state index in [0.29, 0.717) is 57.9 Å². The number of aromatic nitrogens is 3. The molecule has 0 spiro atoms. The van der Waals surface area contributed by atoms with E-state index in [0.717, 1.165) is 5.56 Å². The number of halogens is 1. The van der Waals surface area contributed by atoms with Gasteiger partial charge in [-0.1, -0.05) is 11.6 Å². The Morgan fingerprint density at radius 2 is 1.72 bits per heavy atom. The maximum atomic E-state index is 12.1. The largest absolute Gasteiger partial charge is 0.493 e. The lowest BCUT2D eigenvalue weighted by atomic mass is 10.1.